The molecule has 0 aliphatic carbocycles. The zero-order valence-corrected chi connectivity index (χ0v) is 11.7. The lowest BCUT2D eigenvalue weighted by Gasteiger charge is -2.03. The van der Waals surface area contributed by atoms with Crippen LogP contribution in [0.1, 0.15) is 0 Å². The van der Waals surface area contributed by atoms with Gasteiger partial charge in [0, 0.05) is 11.1 Å². The van der Waals surface area contributed by atoms with Crippen molar-refractivity contribution in [3.63, 3.8) is 0 Å². The van der Waals surface area contributed by atoms with Gasteiger partial charge in [0.25, 0.3) is 0 Å². The molecule has 3 rings (SSSR count). The van der Waals surface area contributed by atoms with Crippen molar-refractivity contribution in [1.29, 1.82) is 0 Å². The molecule has 5 nitrogen and oxygen atoms in total. The zero-order valence-electron chi connectivity index (χ0n) is 11.7. The van der Waals surface area contributed by atoms with Gasteiger partial charge >= 0.3 is 0 Å². The van der Waals surface area contributed by atoms with Gasteiger partial charge in [0.15, 0.2) is 0 Å². The highest BCUT2D eigenvalue weighted by Gasteiger charge is 2.14. The first kappa shape index (κ1) is 13.2. The van der Waals surface area contributed by atoms with E-state index in [0.29, 0.717) is 11.4 Å². The van der Waals surface area contributed by atoms with Gasteiger partial charge in [-0.15, -0.1) is 0 Å². The molecule has 0 amide bonds. The smallest absolute Gasteiger partial charge is 0.143 e. The Morgan fingerprint density at radius 2 is 1.05 bits per heavy atom. The van der Waals surface area contributed by atoms with E-state index in [1.807, 2.05) is 48.5 Å². The second kappa shape index (κ2) is 5.66. The summed E-state index contributed by atoms with van der Waals surface area (Å²) in [4.78, 5) is 0. The van der Waals surface area contributed by atoms with Gasteiger partial charge < -0.3 is 9.47 Å². The van der Waals surface area contributed by atoms with Crippen molar-refractivity contribution in [2.45, 2.75) is 0 Å². The number of aromatic nitrogens is 2. The standard InChI is InChI=1S/C16H14N2O3/c1-19-13-7-3-11(4-8-13)15-16(18-21-17-15)12-5-9-14(20-2)10-6-12/h3-10H,1-2H3. The summed E-state index contributed by atoms with van der Waals surface area (Å²) in [6, 6.07) is 15.2. The van der Waals surface area contributed by atoms with Crippen molar-refractivity contribution in [1.82, 2.24) is 10.3 Å². The maximum atomic E-state index is 5.15. The van der Waals surface area contributed by atoms with Gasteiger partial charge in [-0.1, -0.05) is 0 Å². The van der Waals surface area contributed by atoms with E-state index >= 15 is 0 Å². The fourth-order valence-electron chi connectivity index (χ4n) is 2.07. The quantitative estimate of drug-likeness (QED) is 0.733. The third kappa shape index (κ3) is 2.58. The molecule has 0 unspecified atom stereocenters. The normalized spacial score (nSPS) is 10.4. The van der Waals surface area contributed by atoms with Crippen molar-refractivity contribution in [2.24, 2.45) is 0 Å². The minimum atomic E-state index is 0.697. The Kier molecular flexibility index (Phi) is 3.55. The van der Waals surface area contributed by atoms with E-state index in [1.165, 1.54) is 0 Å². The monoisotopic (exact) mass is 282 g/mol. The largest absolute Gasteiger partial charge is 0.497 e. The number of nitrogens with zero attached hydrogens (tertiary/aromatic N) is 2. The van der Waals surface area contributed by atoms with Gasteiger partial charge in [-0.3, -0.25) is 0 Å². The Balaban J connectivity index is 1.99. The van der Waals surface area contributed by atoms with Crippen LogP contribution in [-0.2, 0) is 0 Å². The number of hydrogen-bond donors (Lipinski definition) is 0. The Labute approximate surface area is 122 Å². The summed E-state index contributed by atoms with van der Waals surface area (Å²) < 4.78 is 15.2. The molecular formula is C16H14N2O3. The second-order valence-electron chi connectivity index (χ2n) is 4.42. The molecule has 0 saturated heterocycles. The molecule has 0 atom stereocenters. The molecule has 1 heterocycles. The number of benzene rings is 2. The molecule has 0 radical (unpaired) electrons. The van der Waals surface area contributed by atoms with Crippen LogP contribution in [0.4, 0.5) is 0 Å². The van der Waals surface area contributed by atoms with Crippen LogP contribution in [0.5, 0.6) is 11.5 Å². The lowest BCUT2D eigenvalue weighted by atomic mass is 10.0. The average Bonchev–Trinajstić information content (AvgIpc) is 3.04. The third-order valence-corrected chi connectivity index (χ3v) is 3.22. The van der Waals surface area contributed by atoms with E-state index < -0.39 is 0 Å². The van der Waals surface area contributed by atoms with Crippen LogP contribution in [0.3, 0.4) is 0 Å². The Morgan fingerprint density at radius 1 is 0.667 bits per heavy atom. The summed E-state index contributed by atoms with van der Waals surface area (Å²) in [5.41, 5.74) is 3.23. The molecule has 0 saturated carbocycles. The van der Waals surface area contributed by atoms with E-state index in [1.54, 1.807) is 14.2 Å². The van der Waals surface area contributed by atoms with Gasteiger partial charge in [-0.25, -0.2) is 4.63 Å². The molecule has 1 aromatic heterocycles. The summed E-state index contributed by atoms with van der Waals surface area (Å²) in [6.45, 7) is 0. The van der Waals surface area contributed by atoms with Crippen LogP contribution in [0.2, 0.25) is 0 Å². The summed E-state index contributed by atoms with van der Waals surface area (Å²) in [6.07, 6.45) is 0. The van der Waals surface area contributed by atoms with E-state index in [9.17, 15) is 0 Å². The molecule has 0 N–H and O–H groups in total. The minimum absolute atomic E-state index is 0.697. The number of ether oxygens (including phenoxy) is 2. The van der Waals surface area contributed by atoms with E-state index in [2.05, 4.69) is 10.3 Å². The SMILES string of the molecule is COc1ccc(-c2nonc2-c2ccc(OC)cc2)cc1. The van der Waals surface area contributed by atoms with Crippen LogP contribution in [-0.4, -0.2) is 24.5 Å². The Morgan fingerprint density at radius 3 is 1.38 bits per heavy atom. The number of hydrogen-bond acceptors (Lipinski definition) is 5. The molecule has 0 bridgehead atoms. The number of methoxy groups -OCH3 is 2. The lowest BCUT2D eigenvalue weighted by Crippen LogP contribution is -1.87. The Bertz CT molecular complexity index is 656. The third-order valence-electron chi connectivity index (χ3n) is 3.22. The molecule has 3 aromatic rings. The highest BCUT2D eigenvalue weighted by molar-refractivity contribution is 5.77. The van der Waals surface area contributed by atoms with Gasteiger partial charge in [-0.05, 0) is 58.8 Å². The molecule has 0 spiro atoms. The molecule has 106 valence electrons. The average molecular weight is 282 g/mol. The topological polar surface area (TPSA) is 57.4 Å². The molecule has 0 aliphatic rings. The van der Waals surface area contributed by atoms with E-state index in [-0.39, 0.29) is 0 Å². The predicted octanol–water partition coefficient (Wildman–Crippen LogP) is 3.42. The minimum Gasteiger partial charge on any atom is -0.497 e. The van der Waals surface area contributed by atoms with Crippen molar-refractivity contribution < 1.29 is 14.1 Å². The first-order valence-electron chi connectivity index (χ1n) is 6.43. The van der Waals surface area contributed by atoms with Gasteiger partial charge in [0.1, 0.15) is 22.9 Å². The fraction of sp³-hybridized carbons (Fsp3) is 0.125. The van der Waals surface area contributed by atoms with Crippen LogP contribution in [0.25, 0.3) is 22.5 Å². The highest BCUT2D eigenvalue weighted by atomic mass is 16.6. The fourth-order valence-corrected chi connectivity index (χ4v) is 2.07. The van der Waals surface area contributed by atoms with Crippen molar-refractivity contribution in [3.05, 3.63) is 48.5 Å². The molecular weight excluding hydrogens is 268 g/mol. The van der Waals surface area contributed by atoms with Crippen LogP contribution in [0.15, 0.2) is 53.2 Å². The van der Waals surface area contributed by atoms with Gasteiger partial charge in [0.05, 0.1) is 14.2 Å². The summed E-state index contributed by atoms with van der Waals surface area (Å²) in [5, 5.41) is 8.01. The maximum Gasteiger partial charge on any atom is 0.143 e. The summed E-state index contributed by atoms with van der Waals surface area (Å²) >= 11 is 0. The van der Waals surface area contributed by atoms with Crippen LogP contribution in [0, 0.1) is 0 Å². The first-order chi connectivity index (χ1) is 10.3. The van der Waals surface area contributed by atoms with Crippen LogP contribution >= 0.6 is 0 Å². The molecule has 21 heavy (non-hydrogen) atoms. The number of rotatable bonds is 4. The maximum absolute atomic E-state index is 5.15. The lowest BCUT2D eigenvalue weighted by molar-refractivity contribution is 0.310. The first-order valence-corrected chi connectivity index (χ1v) is 6.43. The highest BCUT2D eigenvalue weighted by Crippen LogP contribution is 2.30. The van der Waals surface area contributed by atoms with E-state index in [0.717, 1.165) is 22.6 Å². The van der Waals surface area contributed by atoms with Gasteiger partial charge in [0.2, 0.25) is 0 Å². The molecule has 2 aromatic carbocycles. The van der Waals surface area contributed by atoms with Crippen molar-refractivity contribution in [3.8, 4) is 34.0 Å². The van der Waals surface area contributed by atoms with Crippen LogP contribution < -0.4 is 9.47 Å². The second-order valence-corrected chi connectivity index (χ2v) is 4.42. The molecule has 0 aliphatic heterocycles. The molecule has 0 fully saturated rings. The zero-order chi connectivity index (χ0) is 14.7. The van der Waals surface area contributed by atoms with Crippen molar-refractivity contribution in [2.75, 3.05) is 14.2 Å². The summed E-state index contributed by atoms with van der Waals surface area (Å²) in [7, 11) is 3.27. The van der Waals surface area contributed by atoms with E-state index in [4.69, 9.17) is 14.1 Å². The molecule has 5 heteroatoms. The van der Waals surface area contributed by atoms with Crippen molar-refractivity contribution >= 4 is 0 Å². The van der Waals surface area contributed by atoms with Gasteiger partial charge in [-0.2, -0.15) is 0 Å². The predicted molar refractivity (Wildman–Crippen MR) is 78.3 cm³/mol. The Hall–Kier alpha value is -2.82. The summed E-state index contributed by atoms with van der Waals surface area (Å²) in [5.74, 6) is 1.59.